The van der Waals surface area contributed by atoms with Crippen molar-refractivity contribution in [1.29, 1.82) is 0 Å². The van der Waals surface area contributed by atoms with Gasteiger partial charge >= 0.3 is 5.69 Å². The molecule has 2 heterocycles. The quantitative estimate of drug-likeness (QED) is 0.605. The molecule has 7 heteroatoms. The number of Topliss-reactive ketones (excluding diaryl/α,β-unsaturated/α-hetero) is 1. The summed E-state index contributed by atoms with van der Waals surface area (Å²) in [6.07, 6.45) is 1.23. The maximum absolute atomic E-state index is 11.7. The predicted molar refractivity (Wildman–Crippen MR) is 60.0 cm³/mol. The van der Waals surface area contributed by atoms with Crippen LogP contribution in [0.5, 0.6) is 0 Å². The third-order valence-electron chi connectivity index (χ3n) is 2.51. The van der Waals surface area contributed by atoms with Crippen LogP contribution in [0.3, 0.4) is 0 Å². The molecule has 0 radical (unpaired) electrons. The lowest BCUT2D eigenvalue weighted by Gasteiger charge is -2.06. The molecule has 88 valence electrons. The first-order valence-electron chi connectivity index (χ1n) is 4.87. The van der Waals surface area contributed by atoms with Gasteiger partial charge in [-0.2, -0.15) is 0 Å². The SMILES string of the molecule is CC(=O)c1cnc2c(=O)n(C)c(=O)n(C)c2n1. The van der Waals surface area contributed by atoms with Gasteiger partial charge in [0, 0.05) is 21.0 Å². The fraction of sp³-hybridized carbons (Fsp3) is 0.300. The van der Waals surface area contributed by atoms with E-state index in [2.05, 4.69) is 9.97 Å². The van der Waals surface area contributed by atoms with E-state index in [4.69, 9.17) is 0 Å². The van der Waals surface area contributed by atoms with Gasteiger partial charge in [-0.1, -0.05) is 0 Å². The van der Waals surface area contributed by atoms with Gasteiger partial charge in [0.2, 0.25) is 0 Å². The van der Waals surface area contributed by atoms with Crippen LogP contribution in [-0.4, -0.2) is 24.9 Å². The first-order valence-corrected chi connectivity index (χ1v) is 4.87. The Morgan fingerprint density at radius 1 is 1.24 bits per heavy atom. The molecule has 0 fully saturated rings. The number of carbonyl (C=O) groups is 1. The first-order chi connectivity index (χ1) is 7.93. The van der Waals surface area contributed by atoms with Crippen molar-refractivity contribution in [2.24, 2.45) is 14.1 Å². The summed E-state index contributed by atoms with van der Waals surface area (Å²) in [7, 11) is 2.84. The molecular formula is C10H10N4O3. The van der Waals surface area contributed by atoms with Gasteiger partial charge in [0.15, 0.2) is 16.9 Å². The molecule has 2 aromatic heterocycles. The van der Waals surface area contributed by atoms with Crippen molar-refractivity contribution >= 4 is 16.9 Å². The fourth-order valence-electron chi connectivity index (χ4n) is 1.49. The Balaban J connectivity index is 3.02. The van der Waals surface area contributed by atoms with Crippen molar-refractivity contribution in [2.75, 3.05) is 0 Å². The van der Waals surface area contributed by atoms with E-state index in [-0.39, 0.29) is 22.6 Å². The highest BCUT2D eigenvalue weighted by Gasteiger charge is 2.12. The first kappa shape index (κ1) is 11.2. The van der Waals surface area contributed by atoms with Gasteiger partial charge in [-0.3, -0.25) is 18.7 Å². The number of rotatable bonds is 1. The lowest BCUT2D eigenvalue weighted by Crippen LogP contribution is -2.37. The summed E-state index contributed by atoms with van der Waals surface area (Å²) in [5, 5.41) is 0. The van der Waals surface area contributed by atoms with Crippen LogP contribution in [0.4, 0.5) is 0 Å². The Morgan fingerprint density at radius 3 is 2.47 bits per heavy atom. The number of aromatic nitrogens is 4. The highest BCUT2D eigenvalue weighted by molar-refractivity contribution is 5.93. The molecule has 0 atom stereocenters. The molecule has 0 N–H and O–H groups in total. The predicted octanol–water partition coefficient (Wildman–Crippen LogP) is -0.770. The van der Waals surface area contributed by atoms with Crippen LogP contribution in [0.15, 0.2) is 15.8 Å². The van der Waals surface area contributed by atoms with Gasteiger partial charge in [-0.15, -0.1) is 0 Å². The highest BCUT2D eigenvalue weighted by atomic mass is 16.2. The maximum Gasteiger partial charge on any atom is 0.332 e. The molecule has 0 saturated heterocycles. The van der Waals surface area contributed by atoms with Gasteiger partial charge in [-0.05, 0) is 0 Å². The molecule has 0 saturated carbocycles. The zero-order valence-electron chi connectivity index (χ0n) is 9.59. The minimum Gasteiger partial charge on any atom is -0.293 e. The van der Waals surface area contributed by atoms with Crippen LogP contribution in [-0.2, 0) is 14.1 Å². The Labute approximate surface area is 95.4 Å². The Bertz CT molecular complexity index is 742. The molecule has 7 nitrogen and oxygen atoms in total. The molecule has 17 heavy (non-hydrogen) atoms. The smallest absolute Gasteiger partial charge is 0.293 e. The summed E-state index contributed by atoms with van der Waals surface area (Å²) in [5.74, 6) is -0.271. The number of nitrogens with zero attached hydrogens (tertiary/aromatic N) is 4. The van der Waals surface area contributed by atoms with Crippen molar-refractivity contribution in [3.05, 3.63) is 32.7 Å². The standard InChI is InChI=1S/C10H10N4O3/c1-5(15)6-4-11-7-8(12-6)13(2)10(17)14(3)9(7)16/h4H,1-3H3. The zero-order valence-corrected chi connectivity index (χ0v) is 9.59. The van der Waals surface area contributed by atoms with Crippen molar-refractivity contribution in [2.45, 2.75) is 6.92 Å². The molecule has 0 aliphatic carbocycles. The van der Waals surface area contributed by atoms with E-state index in [0.717, 1.165) is 4.57 Å². The van der Waals surface area contributed by atoms with Gasteiger partial charge in [-0.25, -0.2) is 14.8 Å². The van der Waals surface area contributed by atoms with Crippen LogP contribution < -0.4 is 11.2 Å². The second kappa shape index (κ2) is 3.62. The number of aryl methyl sites for hydroxylation is 1. The van der Waals surface area contributed by atoms with Crippen molar-refractivity contribution < 1.29 is 4.79 Å². The number of hydrogen-bond acceptors (Lipinski definition) is 5. The number of fused-ring (bicyclic) bond motifs is 1. The summed E-state index contributed by atoms with van der Waals surface area (Å²) >= 11 is 0. The van der Waals surface area contributed by atoms with Crippen molar-refractivity contribution in [3.8, 4) is 0 Å². The van der Waals surface area contributed by atoms with Gasteiger partial charge in [0.05, 0.1) is 6.20 Å². The average molecular weight is 234 g/mol. The second-order valence-corrected chi connectivity index (χ2v) is 3.69. The lowest BCUT2D eigenvalue weighted by molar-refractivity contribution is 0.101. The summed E-state index contributed by atoms with van der Waals surface area (Å²) in [5.41, 5.74) is -0.714. The van der Waals surface area contributed by atoms with Gasteiger partial charge in [0.25, 0.3) is 5.56 Å². The monoisotopic (exact) mass is 234 g/mol. The van der Waals surface area contributed by atoms with E-state index in [1.54, 1.807) is 0 Å². The Morgan fingerprint density at radius 2 is 1.88 bits per heavy atom. The van der Waals surface area contributed by atoms with Crippen LogP contribution in [0.25, 0.3) is 11.2 Å². The summed E-state index contributed by atoms with van der Waals surface area (Å²) in [6.45, 7) is 1.34. The van der Waals surface area contributed by atoms with E-state index in [1.165, 1.54) is 31.8 Å². The van der Waals surface area contributed by atoms with Gasteiger partial charge in [0.1, 0.15) is 5.69 Å². The van der Waals surface area contributed by atoms with Crippen LogP contribution >= 0.6 is 0 Å². The van der Waals surface area contributed by atoms with Crippen LogP contribution in [0, 0.1) is 0 Å². The highest BCUT2D eigenvalue weighted by Crippen LogP contribution is 2.02. The third kappa shape index (κ3) is 1.55. The minimum atomic E-state index is -0.522. The van der Waals surface area contributed by atoms with E-state index in [0.29, 0.717) is 0 Å². The van der Waals surface area contributed by atoms with E-state index in [9.17, 15) is 14.4 Å². The summed E-state index contributed by atoms with van der Waals surface area (Å²) < 4.78 is 2.14. The fourth-order valence-corrected chi connectivity index (χ4v) is 1.49. The summed E-state index contributed by atoms with van der Waals surface area (Å²) in [4.78, 5) is 42.4. The van der Waals surface area contributed by atoms with E-state index < -0.39 is 11.2 Å². The Kier molecular flexibility index (Phi) is 2.38. The molecule has 2 aromatic rings. The lowest BCUT2D eigenvalue weighted by atomic mass is 10.3. The molecule has 0 aromatic carbocycles. The molecule has 0 bridgehead atoms. The number of ketones is 1. The van der Waals surface area contributed by atoms with Crippen LogP contribution in [0.1, 0.15) is 17.4 Å². The molecule has 0 aliphatic rings. The maximum atomic E-state index is 11.7. The van der Waals surface area contributed by atoms with Crippen molar-refractivity contribution in [3.63, 3.8) is 0 Å². The second-order valence-electron chi connectivity index (χ2n) is 3.69. The largest absolute Gasteiger partial charge is 0.332 e. The molecule has 0 unspecified atom stereocenters. The number of carbonyl (C=O) groups excluding carboxylic acids is 1. The molecule has 0 spiro atoms. The van der Waals surface area contributed by atoms with Crippen LogP contribution in [0.2, 0.25) is 0 Å². The Hall–Kier alpha value is -2.31. The van der Waals surface area contributed by atoms with Crippen molar-refractivity contribution in [1.82, 2.24) is 19.1 Å². The average Bonchev–Trinajstić information content (AvgIpc) is 2.32. The topological polar surface area (TPSA) is 86.9 Å². The summed E-state index contributed by atoms with van der Waals surface area (Å²) in [6, 6.07) is 0. The minimum absolute atomic E-state index is 0.0691. The zero-order chi connectivity index (χ0) is 12.7. The molecule has 0 amide bonds. The van der Waals surface area contributed by atoms with Gasteiger partial charge < -0.3 is 0 Å². The molecular weight excluding hydrogens is 224 g/mol. The number of hydrogen-bond donors (Lipinski definition) is 0. The molecule has 2 rings (SSSR count). The normalized spacial score (nSPS) is 10.8. The van der Waals surface area contributed by atoms with E-state index >= 15 is 0 Å². The van der Waals surface area contributed by atoms with E-state index in [1.807, 2.05) is 0 Å². The molecule has 0 aliphatic heterocycles. The third-order valence-corrected chi connectivity index (χ3v) is 2.51.